The minimum atomic E-state index is -1.06. The molecule has 3 aromatic carbocycles. The molecule has 1 heterocycles. The molecule has 1 amide bonds. The summed E-state index contributed by atoms with van der Waals surface area (Å²) in [5.74, 6) is -0.0569. The van der Waals surface area contributed by atoms with E-state index in [0.717, 1.165) is 16.7 Å². The van der Waals surface area contributed by atoms with E-state index in [1.807, 2.05) is 61.7 Å². The molecule has 4 aromatic rings. The molecule has 0 bridgehead atoms. The molecule has 0 saturated heterocycles. The van der Waals surface area contributed by atoms with Crippen LogP contribution >= 0.6 is 23.4 Å². The fourth-order valence-electron chi connectivity index (χ4n) is 4.33. The zero-order valence-electron chi connectivity index (χ0n) is 22.8. The minimum absolute atomic E-state index is 0. The van der Waals surface area contributed by atoms with E-state index < -0.39 is 24.0 Å². The van der Waals surface area contributed by atoms with Crippen LogP contribution in [0.4, 0.5) is 0 Å². The average Bonchev–Trinajstić information content (AvgIpc) is 3.41. The van der Waals surface area contributed by atoms with Crippen molar-refractivity contribution in [2.45, 2.75) is 25.5 Å². The number of nitrogens with zero attached hydrogens (tertiary/aromatic N) is 1. The summed E-state index contributed by atoms with van der Waals surface area (Å²) >= 11 is 7.85. The molecular formula is C30H29ClLiN2O5S+. The summed E-state index contributed by atoms with van der Waals surface area (Å²) < 4.78 is 11.9. The van der Waals surface area contributed by atoms with Crippen molar-refractivity contribution < 1.29 is 42.7 Å². The van der Waals surface area contributed by atoms with Crippen LogP contribution < -0.4 is 24.2 Å². The van der Waals surface area contributed by atoms with Gasteiger partial charge in [-0.05, 0) is 71.9 Å². The van der Waals surface area contributed by atoms with E-state index in [1.165, 1.54) is 11.8 Å². The number of aliphatic carboxylic acids is 1. The smallest absolute Gasteiger partial charge is 0.480 e. The fourth-order valence-corrected chi connectivity index (χ4v) is 5.02. The molecule has 0 aliphatic carbocycles. The number of carboxylic acid groups (broad SMARTS) is 1. The first-order valence-corrected chi connectivity index (χ1v) is 14.1. The second-order valence-electron chi connectivity index (χ2n) is 8.93. The number of carbonyl (C=O) groups is 2. The minimum Gasteiger partial charge on any atom is -0.480 e. The fraction of sp³-hybridized carbons (Fsp3) is 0.233. The number of oxazole rings is 1. The van der Waals surface area contributed by atoms with Gasteiger partial charge in [0.05, 0.1) is 16.8 Å². The predicted molar refractivity (Wildman–Crippen MR) is 154 cm³/mol. The van der Waals surface area contributed by atoms with Crippen LogP contribution in [0.25, 0.3) is 22.6 Å². The molecule has 2 N–H and O–H groups in total. The Labute approximate surface area is 254 Å². The zero-order valence-corrected chi connectivity index (χ0v) is 24.4. The Hall–Kier alpha value is -2.99. The summed E-state index contributed by atoms with van der Waals surface area (Å²) in [5, 5.41) is 12.9. The molecule has 1 aromatic heterocycles. The molecule has 0 radical (unpaired) electrons. The first-order chi connectivity index (χ1) is 18.8. The van der Waals surface area contributed by atoms with E-state index in [-0.39, 0.29) is 18.9 Å². The Kier molecular flexibility index (Phi) is 11.5. The number of aromatic nitrogens is 1. The number of methoxy groups -OCH3 is 1. The number of hydrogen-bond donors (Lipinski definition) is 2. The third-order valence-corrected chi connectivity index (χ3v) is 7.34. The summed E-state index contributed by atoms with van der Waals surface area (Å²) in [4.78, 5) is 29.6. The van der Waals surface area contributed by atoms with E-state index in [4.69, 9.17) is 20.8 Å². The first-order valence-electron chi connectivity index (χ1n) is 12.3. The molecule has 10 heteroatoms. The number of nitrogens with one attached hydrogen (secondary N) is 1. The van der Waals surface area contributed by atoms with Crippen LogP contribution in [-0.2, 0) is 9.53 Å². The van der Waals surface area contributed by atoms with Gasteiger partial charge in [-0.25, -0.2) is 9.78 Å². The van der Waals surface area contributed by atoms with Gasteiger partial charge in [0, 0.05) is 12.7 Å². The van der Waals surface area contributed by atoms with Crippen molar-refractivity contribution in [2.24, 2.45) is 0 Å². The Bertz CT molecular complexity index is 1480. The van der Waals surface area contributed by atoms with Crippen LogP contribution in [0, 0.1) is 6.92 Å². The summed E-state index contributed by atoms with van der Waals surface area (Å²) in [5.41, 5.74) is 4.26. The van der Waals surface area contributed by atoms with Gasteiger partial charge in [0.25, 0.3) is 5.91 Å². The van der Waals surface area contributed by atoms with Crippen molar-refractivity contribution in [3.63, 3.8) is 0 Å². The first kappa shape index (κ1) is 31.5. The number of halogens is 1. The second-order valence-corrected chi connectivity index (χ2v) is 10.3. The van der Waals surface area contributed by atoms with Gasteiger partial charge in [0.1, 0.15) is 12.1 Å². The van der Waals surface area contributed by atoms with Gasteiger partial charge in [-0.15, -0.1) is 0 Å². The molecule has 2 unspecified atom stereocenters. The number of aryl methyl sites for hydroxylation is 1. The average molecular weight is 572 g/mol. The maximum absolute atomic E-state index is 13.4. The molecule has 202 valence electrons. The predicted octanol–water partition coefficient (Wildman–Crippen LogP) is 3.65. The van der Waals surface area contributed by atoms with Gasteiger partial charge < -0.3 is 19.6 Å². The largest absolute Gasteiger partial charge is 1.00 e. The molecular weight excluding hydrogens is 543 g/mol. The number of ether oxygens (including phenoxy) is 1. The monoisotopic (exact) mass is 571 g/mol. The van der Waals surface area contributed by atoms with Gasteiger partial charge in [-0.1, -0.05) is 54.1 Å². The number of carboxylic acids is 1. The maximum atomic E-state index is 13.4. The van der Waals surface area contributed by atoms with Crippen LogP contribution in [0.3, 0.4) is 0 Å². The number of benzene rings is 3. The van der Waals surface area contributed by atoms with Gasteiger partial charge in [0.2, 0.25) is 5.89 Å². The van der Waals surface area contributed by atoms with Crippen molar-refractivity contribution >= 4 is 35.2 Å². The molecule has 40 heavy (non-hydrogen) atoms. The molecule has 0 aliphatic heterocycles. The summed E-state index contributed by atoms with van der Waals surface area (Å²) in [6, 6.07) is 19.4. The van der Waals surface area contributed by atoms with E-state index in [1.54, 1.807) is 31.5 Å². The van der Waals surface area contributed by atoms with Crippen molar-refractivity contribution in [3.8, 4) is 22.6 Å². The Morgan fingerprint density at radius 2 is 1.77 bits per heavy atom. The molecule has 2 atom stereocenters. The van der Waals surface area contributed by atoms with Gasteiger partial charge in [-0.3, -0.25) is 4.79 Å². The number of rotatable bonds is 11. The number of amides is 1. The molecule has 0 fully saturated rings. The Balaban J connectivity index is 0.00000441. The van der Waals surface area contributed by atoms with Crippen molar-refractivity contribution in [3.05, 3.63) is 100 Å². The molecule has 0 saturated carbocycles. The van der Waals surface area contributed by atoms with Crippen LogP contribution in [0.2, 0.25) is 5.02 Å². The molecule has 7 nitrogen and oxygen atoms in total. The number of carbonyl (C=O) groups excluding carboxylic acids is 1. The molecule has 0 spiro atoms. The van der Waals surface area contributed by atoms with E-state index in [9.17, 15) is 14.7 Å². The van der Waals surface area contributed by atoms with E-state index in [2.05, 4.69) is 10.3 Å². The zero-order chi connectivity index (χ0) is 27.9. The van der Waals surface area contributed by atoms with Gasteiger partial charge >= 0.3 is 24.8 Å². The summed E-state index contributed by atoms with van der Waals surface area (Å²) in [7, 11) is 1.57. The maximum Gasteiger partial charge on any atom is 1.00 e. The third kappa shape index (κ3) is 7.20. The van der Waals surface area contributed by atoms with Crippen LogP contribution in [-0.4, -0.2) is 47.1 Å². The second kappa shape index (κ2) is 14.6. The van der Waals surface area contributed by atoms with E-state index >= 15 is 0 Å². The van der Waals surface area contributed by atoms with Crippen LogP contribution in [0.5, 0.6) is 0 Å². The summed E-state index contributed by atoms with van der Waals surface area (Å²) in [6.07, 6.45) is 3.21. The van der Waals surface area contributed by atoms with Gasteiger partial charge in [0.15, 0.2) is 5.76 Å². The Morgan fingerprint density at radius 3 is 2.42 bits per heavy atom. The van der Waals surface area contributed by atoms with Crippen molar-refractivity contribution in [1.82, 2.24) is 10.3 Å². The number of thioether (sulfide) groups is 1. The van der Waals surface area contributed by atoms with Crippen molar-refractivity contribution in [1.29, 1.82) is 0 Å². The quantitative estimate of drug-likeness (QED) is 0.265. The normalized spacial score (nSPS) is 12.3. The standard InChI is InChI=1S/C30H29ClN2O5S.Li/c1-18-8-4-5-9-20(18)23-16-19(12-13-21(23)28(34)33-25(30(35)36)14-15-39-3)27(37-2)26-17-32-29(38-26)22-10-6-7-11-24(22)31;/h4-13,16-17,25,27H,14-15H2,1-3H3,(H,33,34)(H,35,36);/q;+1. The summed E-state index contributed by atoms with van der Waals surface area (Å²) in [6.45, 7) is 1.96. The SMILES string of the molecule is COC(c1ccc(C(=O)NC(CCSC)C(=O)O)c(-c2ccccc2C)c1)c1cnc(-c2ccccc2Cl)o1.[Li+]. The van der Waals surface area contributed by atoms with Crippen molar-refractivity contribution in [2.75, 3.05) is 19.1 Å². The topological polar surface area (TPSA) is 102 Å². The van der Waals surface area contributed by atoms with Crippen LogP contribution in [0.15, 0.2) is 77.3 Å². The Morgan fingerprint density at radius 1 is 1.07 bits per heavy atom. The number of hydrogen-bond acceptors (Lipinski definition) is 6. The van der Waals surface area contributed by atoms with Gasteiger partial charge in [-0.2, -0.15) is 11.8 Å². The van der Waals surface area contributed by atoms with E-state index in [0.29, 0.717) is 45.5 Å². The third-order valence-electron chi connectivity index (χ3n) is 6.36. The molecule has 4 rings (SSSR count). The molecule has 0 aliphatic rings. The van der Waals surface area contributed by atoms with Crippen LogP contribution in [0.1, 0.15) is 39.8 Å².